The fourth-order valence-corrected chi connectivity index (χ4v) is 3.40. The fourth-order valence-electron chi connectivity index (χ4n) is 3.40. The second-order valence-electron chi connectivity index (χ2n) is 6.81. The summed E-state index contributed by atoms with van der Waals surface area (Å²) in [7, 11) is 0. The summed E-state index contributed by atoms with van der Waals surface area (Å²) >= 11 is 0. The van der Waals surface area contributed by atoms with E-state index in [-0.39, 0.29) is 17.9 Å². The SMILES string of the molecule is Cc1ccc(C(=O)N2CCN([C@@H](C)C(=O)N3CCOCC3)CC2)cc1. The molecular weight excluding hydrogens is 318 g/mol. The molecule has 3 rings (SSSR count). The van der Waals surface area contributed by atoms with E-state index in [0.717, 1.165) is 24.2 Å². The van der Waals surface area contributed by atoms with Gasteiger partial charge in [-0.1, -0.05) is 17.7 Å². The van der Waals surface area contributed by atoms with E-state index in [0.29, 0.717) is 39.4 Å². The number of amides is 2. The van der Waals surface area contributed by atoms with Crippen LogP contribution >= 0.6 is 0 Å². The molecular formula is C19H27N3O3. The normalized spacial score (nSPS) is 20.4. The molecule has 0 unspecified atom stereocenters. The number of morpholine rings is 1. The Bertz CT molecular complexity index is 603. The van der Waals surface area contributed by atoms with E-state index in [1.54, 1.807) is 0 Å². The highest BCUT2D eigenvalue weighted by atomic mass is 16.5. The first-order chi connectivity index (χ1) is 12.1. The largest absolute Gasteiger partial charge is 0.378 e. The predicted octanol–water partition coefficient (Wildman–Crippen LogP) is 1.00. The number of aryl methyl sites for hydroxylation is 1. The number of ether oxygens (including phenoxy) is 1. The van der Waals surface area contributed by atoms with Crippen LogP contribution < -0.4 is 0 Å². The number of hydrogen-bond acceptors (Lipinski definition) is 4. The van der Waals surface area contributed by atoms with Crippen LogP contribution in [-0.2, 0) is 9.53 Å². The van der Waals surface area contributed by atoms with Gasteiger partial charge in [-0.2, -0.15) is 0 Å². The second kappa shape index (κ2) is 7.97. The van der Waals surface area contributed by atoms with E-state index < -0.39 is 0 Å². The smallest absolute Gasteiger partial charge is 0.253 e. The lowest BCUT2D eigenvalue weighted by molar-refractivity contribution is -0.141. The quantitative estimate of drug-likeness (QED) is 0.820. The zero-order valence-corrected chi connectivity index (χ0v) is 15.1. The average Bonchev–Trinajstić information content (AvgIpc) is 2.67. The fraction of sp³-hybridized carbons (Fsp3) is 0.579. The van der Waals surface area contributed by atoms with E-state index in [4.69, 9.17) is 4.74 Å². The Morgan fingerprint density at radius 1 is 0.920 bits per heavy atom. The highest BCUT2D eigenvalue weighted by Gasteiger charge is 2.30. The molecule has 0 N–H and O–H groups in total. The summed E-state index contributed by atoms with van der Waals surface area (Å²) in [5.74, 6) is 0.244. The van der Waals surface area contributed by atoms with E-state index in [1.165, 1.54) is 0 Å². The molecule has 0 aliphatic carbocycles. The van der Waals surface area contributed by atoms with Crippen molar-refractivity contribution < 1.29 is 14.3 Å². The molecule has 25 heavy (non-hydrogen) atoms. The summed E-state index contributed by atoms with van der Waals surface area (Å²) in [6, 6.07) is 7.55. The molecule has 0 aromatic heterocycles. The van der Waals surface area contributed by atoms with E-state index in [2.05, 4.69) is 4.90 Å². The monoisotopic (exact) mass is 345 g/mol. The van der Waals surface area contributed by atoms with Crippen LogP contribution in [0.25, 0.3) is 0 Å². The third-order valence-corrected chi connectivity index (χ3v) is 5.13. The Balaban J connectivity index is 1.53. The van der Waals surface area contributed by atoms with Crippen molar-refractivity contribution in [3.63, 3.8) is 0 Å². The molecule has 1 atom stereocenters. The van der Waals surface area contributed by atoms with Crippen molar-refractivity contribution in [2.24, 2.45) is 0 Å². The van der Waals surface area contributed by atoms with Gasteiger partial charge >= 0.3 is 0 Å². The van der Waals surface area contributed by atoms with Gasteiger partial charge in [0.05, 0.1) is 19.3 Å². The molecule has 2 aliphatic rings. The number of carbonyl (C=O) groups is 2. The second-order valence-corrected chi connectivity index (χ2v) is 6.81. The van der Waals surface area contributed by atoms with Crippen LogP contribution in [0.15, 0.2) is 24.3 Å². The van der Waals surface area contributed by atoms with Crippen LogP contribution in [-0.4, -0.2) is 85.0 Å². The summed E-state index contributed by atoms with van der Waals surface area (Å²) in [6.07, 6.45) is 0. The van der Waals surface area contributed by atoms with Crippen molar-refractivity contribution in [1.82, 2.24) is 14.7 Å². The van der Waals surface area contributed by atoms with Crippen molar-refractivity contribution in [3.8, 4) is 0 Å². The van der Waals surface area contributed by atoms with Crippen LogP contribution in [0, 0.1) is 6.92 Å². The van der Waals surface area contributed by atoms with E-state index >= 15 is 0 Å². The lowest BCUT2D eigenvalue weighted by Crippen LogP contribution is -2.56. The van der Waals surface area contributed by atoms with Gasteiger partial charge in [0.15, 0.2) is 0 Å². The number of benzene rings is 1. The van der Waals surface area contributed by atoms with Crippen LogP contribution in [0.1, 0.15) is 22.8 Å². The number of rotatable bonds is 3. The average molecular weight is 345 g/mol. The molecule has 0 bridgehead atoms. The van der Waals surface area contributed by atoms with E-state index in [1.807, 2.05) is 47.9 Å². The molecule has 2 aliphatic heterocycles. The topological polar surface area (TPSA) is 53.1 Å². The summed E-state index contributed by atoms with van der Waals surface area (Å²) in [6.45, 7) is 9.36. The molecule has 2 fully saturated rings. The minimum Gasteiger partial charge on any atom is -0.378 e. The molecule has 6 nitrogen and oxygen atoms in total. The lowest BCUT2D eigenvalue weighted by Gasteiger charge is -2.39. The Hall–Kier alpha value is -1.92. The summed E-state index contributed by atoms with van der Waals surface area (Å²) in [5, 5.41) is 0. The minimum absolute atomic E-state index is 0.0757. The van der Waals surface area contributed by atoms with E-state index in [9.17, 15) is 9.59 Å². The molecule has 0 spiro atoms. The van der Waals surface area contributed by atoms with Crippen LogP contribution in [0.5, 0.6) is 0 Å². The zero-order valence-electron chi connectivity index (χ0n) is 15.1. The van der Waals surface area contributed by atoms with Gasteiger partial charge in [0, 0.05) is 44.8 Å². The molecule has 1 aromatic carbocycles. The van der Waals surface area contributed by atoms with Gasteiger partial charge < -0.3 is 14.5 Å². The maximum atomic E-state index is 12.6. The molecule has 2 heterocycles. The number of piperazine rings is 1. The first-order valence-corrected chi connectivity index (χ1v) is 9.03. The van der Waals surface area contributed by atoms with Gasteiger partial charge in [0.1, 0.15) is 0 Å². The molecule has 0 saturated carbocycles. The number of nitrogens with zero attached hydrogens (tertiary/aromatic N) is 3. The van der Waals surface area contributed by atoms with Crippen molar-refractivity contribution >= 4 is 11.8 Å². The number of carbonyl (C=O) groups excluding carboxylic acids is 2. The lowest BCUT2D eigenvalue weighted by atomic mass is 10.1. The molecule has 136 valence electrons. The Morgan fingerprint density at radius 2 is 1.52 bits per heavy atom. The highest BCUT2D eigenvalue weighted by Crippen LogP contribution is 2.13. The minimum atomic E-state index is -0.144. The third-order valence-electron chi connectivity index (χ3n) is 5.13. The van der Waals surface area contributed by atoms with Crippen LogP contribution in [0.4, 0.5) is 0 Å². The standard InChI is InChI=1S/C19H27N3O3/c1-15-3-5-17(6-4-15)19(24)21-9-7-20(8-10-21)16(2)18(23)22-11-13-25-14-12-22/h3-6,16H,7-14H2,1-2H3/t16-/m0/s1. The van der Waals surface area contributed by atoms with Gasteiger partial charge in [-0.15, -0.1) is 0 Å². The first kappa shape index (κ1) is 17.9. The van der Waals surface area contributed by atoms with Crippen molar-refractivity contribution in [1.29, 1.82) is 0 Å². The predicted molar refractivity (Wildman–Crippen MR) is 95.5 cm³/mol. The molecule has 0 radical (unpaired) electrons. The Labute approximate surface area is 149 Å². The van der Waals surface area contributed by atoms with Crippen LogP contribution in [0.3, 0.4) is 0 Å². The van der Waals surface area contributed by atoms with Gasteiger partial charge in [-0.3, -0.25) is 14.5 Å². The van der Waals surface area contributed by atoms with Gasteiger partial charge in [-0.05, 0) is 26.0 Å². The summed E-state index contributed by atoms with van der Waals surface area (Å²) in [4.78, 5) is 31.1. The summed E-state index contributed by atoms with van der Waals surface area (Å²) < 4.78 is 5.31. The molecule has 2 saturated heterocycles. The third kappa shape index (κ3) is 4.19. The molecule has 6 heteroatoms. The van der Waals surface area contributed by atoms with Gasteiger partial charge in [0.25, 0.3) is 5.91 Å². The Morgan fingerprint density at radius 3 is 2.12 bits per heavy atom. The Kier molecular flexibility index (Phi) is 5.71. The highest BCUT2D eigenvalue weighted by molar-refractivity contribution is 5.94. The van der Waals surface area contributed by atoms with Gasteiger partial charge in [-0.25, -0.2) is 0 Å². The van der Waals surface area contributed by atoms with Gasteiger partial charge in [0.2, 0.25) is 5.91 Å². The first-order valence-electron chi connectivity index (χ1n) is 9.03. The maximum absolute atomic E-state index is 12.6. The molecule has 2 amide bonds. The van der Waals surface area contributed by atoms with Crippen LogP contribution in [0.2, 0.25) is 0 Å². The summed E-state index contributed by atoms with van der Waals surface area (Å²) in [5.41, 5.74) is 1.88. The van der Waals surface area contributed by atoms with Crippen molar-refractivity contribution in [2.45, 2.75) is 19.9 Å². The maximum Gasteiger partial charge on any atom is 0.253 e. The van der Waals surface area contributed by atoms with Crippen molar-refractivity contribution in [2.75, 3.05) is 52.5 Å². The molecule has 1 aromatic rings. The number of hydrogen-bond donors (Lipinski definition) is 0. The van der Waals surface area contributed by atoms with Crippen molar-refractivity contribution in [3.05, 3.63) is 35.4 Å². The zero-order chi connectivity index (χ0) is 17.8.